The van der Waals surface area contributed by atoms with Gasteiger partial charge in [-0.05, 0) is 32.1 Å². The number of aryl methyl sites for hydroxylation is 1. The molecule has 2 heterocycles. The third kappa shape index (κ3) is 2.46. The van der Waals surface area contributed by atoms with Crippen LogP contribution < -0.4 is 10.6 Å². The molecule has 19 heavy (non-hydrogen) atoms. The van der Waals surface area contributed by atoms with Gasteiger partial charge >= 0.3 is 0 Å². The van der Waals surface area contributed by atoms with Crippen molar-refractivity contribution in [1.29, 1.82) is 0 Å². The molecule has 1 fully saturated rings. The van der Waals surface area contributed by atoms with E-state index in [1.54, 1.807) is 6.33 Å². The Balaban J connectivity index is 1.79. The Kier molecular flexibility index (Phi) is 3.44. The summed E-state index contributed by atoms with van der Waals surface area (Å²) in [4.78, 5) is 11.4. The molecule has 104 valence electrons. The SMILES string of the molecule is CCCC1(N)CN(c2ncnc3c2CCCCC3)C1. The molecule has 4 heteroatoms. The summed E-state index contributed by atoms with van der Waals surface area (Å²) in [6, 6.07) is 0. The fourth-order valence-corrected chi connectivity index (χ4v) is 3.47. The van der Waals surface area contributed by atoms with Crippen LogP contribution in [0.2, 0.25) is 0 Å². The molecule has 4 nitrogen and oxygen atoms in total. The molecule has 1 aromatic heterocycles. The van der Waals surface area contributed by atoms with Crippen LogP contribution in [0.5, 0.6) is 0 Å². The minimum absolute atomic E-state index is 0.0112. The molecule has 2 aliphatic rings. The molecule has 0 spiro atoms. The zero-order chi connectivity index (χ0) is 13.3. The van der Waals surface area contributed by atoms with Gasteiger partial charge in [-0.15, -0.1) is 0 Å². The second-order valence-corrected chi connectivity index (χ2v) is 6.15. The lowest BCUT2D eigenvalue weighted by Crippen LogP contribution is -2.67. The predicted octanol–water partition coefficient (Wildman–Crippen LogP) is 2.06. The van der Waals surface area contributed by atoms with Gasteiger partial charge in [-0.25, -0.2) is 9.97 Å². The van der Waals surface area contributed by atoms with Gasteiger partial charge in [0.05, 0.1) is 5.54 Å². The van der Waals surface area contributed by atoms with Crippen LogP contribution in [0.4, 0.5) is 5.82 Å². The molecular formula is C15H24N4. The normalized spacial score (nSPS) is 21.5. The average Bonchev–Trinajstić information content (AvgIpc) is 2.61. The van der Waals surface area contributed by atoms with E-state index in [-0.39, 0.29) is 5.54 Å². The summed E-state index contributed by atoms with van der Waals surface area (Å²) in [7, 11) is 0. The van der Waals surface area contributed by atoms with Crippen molar-refractivity contribution in [3.8, 4) is 0 Å². The quantitative estimate of drug-likeness (QED) is 0.845. The van der Waals surface area contributed by atoms with Crippen LogP contribution >= 0.6 is 0 Å². The predicted molar refractivity (Wildman–Crippen MR) is 77.3 cm³/mol. The maximum Gasteiger partial charge on any atom is 0.135 e. The van der Waals surface area contributed by atoms with Gasteiger partial charge in [0.1, 0.15) is 12.1 Å². The summed E-state index contributed by atoms with van der Waals surface area (Å²) in [5.74, 6) is 1.16. The van der Waals surface area contributed by atoms with Gasteiger partial charge in [0.25, 0.3) is 0 Å². The van der Waals surface area contributed by atoms with Gasteiger partial charge in [0.15, 0.2) is 0 Å². The summed E-state index contributed by atoms with van der Waals surface area (Å²) in [6.07, 6.45) is 10.1. The van der Waals surface area contributed by atoms with Crippen LogP contribution in [-0.2, 0) is 12.8 Å². The van der Waals surface area contributed by atoms with E-state index in [1.165, 1.54) is 30.5 Å². The lowest BCUT2D eigenvalue weighted by molar-refractivity contribution is 0.305. The molecule has 0 radical (unpaired) electrons. The van der Waals surface area contributed by atoms with E-state index < -0.39 is 0 Å². The Hall–Kier alpha value is -1.16. The third-order valence-corrected chi connectivity index (χ3v) is 4.41. The summed E-state index contributed by atoms with van der Waals surface area (Å²) in [5, 5.41) is 0. The van der Waals surface area contributed by atoms with Crippen LogP contribution in [0.3, 0.4) is 0 Å². The van der Waals surface area contributed by atoms with Crippen molar-refractivity contribution in [1.82, 2.24) is 9.97 Å². The van der Waals surface area contributed by atoms with Gasteiger partial charge in [-0.3, -0.25) is 0 Å². The highest BCUT2D eigenvalue weighted by Gasteiger charge is 2.40. The number of hydrogen-bond acceptors (Lipinski definition) is 4. The molecule has 0 atom stereocenters. The molecule has 2 N–H and O–H groups in total. The standard InChI is InChI=1S/C15H24N4/c1-2-8-15(16)9-19(10-15)14-12-6-4-3-5-7-13(12)17-11-18-14/h11H,2-10,16H2,1H3. The number of fused-ring (bicyclic) bond motifs is 1. The number of nitrogens with two attached hydrogens (primary N) is 1. The molecule has 0 unspecified atom stereocenters. The number of hydrogen-bond donors (Lipinski definition) is 1. The number of aromatic nitrogens is 2. The smallest absolute Gasteiger partial charge is 0.135 e. The Morgan fingerprint density at radius 1 is 1.21 bits per heavy atom. The molecule has 1 aliphatic carbocycles. The van der Waals surface area contributed by atoms with Crippen LogP contribution in [0, 0.1) is 0 Å². The highest BCUT2D eigenvalue weighted by atomic mass is 15.3. The molecule has 0 aromatic carbocycles. The molecule has 1 aromatic rings. The van der Waals surface area contributed by atoms with Crippen molar-refractivity contribution in [2.75, 3.05) is 18.0 Å². The molecular weight excluding hydrogens is 236 g/mol. The summed E-state index contributed by atoms with van der Waals surface area (Å²) >= 11 is 0. The maximum absolute atomic E-state index is 6.36. The highest BCUT2D eigenvalue weighted by molar-refractivity contribution is 5.52. The van der Waals surface area contributed by atoms with Gasteiger partial charge < -0.3 is 10.6 Å². The first kappa shape index (κ1) is 12.9. The monoisotopic (exact) mass is 260 g/mol. The topological polar surface area (TPSA) is 55.0 Å². The van der Waals surface area contributed by atoms with Crippen molar-refractivity contribution < 1.29 is 0 Å². The van der Waals surface area contributed by atoms with Crippen LogP contribution in [-0.4, -0.2) is 28.6 Å². The fourth-order valence-electron chi connectivity index (χ4n) is 3.47. The van der Waals surface area contributed by atoms with Crippen LogP contribution in [0.1, 0.15) is 50.3 Å². The third-order valence-electron chi connectivity index (χ3n) is 4.41. The van der Waals surface area contributed by atoms with Crippen molar-refractivity contribution in [2.24, 2.45) is 5.73 Å². The Morgan fingerprint density at radius 2 is 2.00 bits per heavy atom. The first-order valence-corrected chi connectivity index (χ1v) is 7.58. The molecule has 1 saturated heterocycles. The Bertz CT molecular complexity index is 451. The lowest BCUT2D eigenvalue weighted by Gasteiger charge is -2.49. The van der Waals surface area contributed by atoms with E-state index >= 15 is 0 Å². The minimum atomic E-state index is 0.0112. The Morgan fingerprint density at radius 3 is 2.79 bits per heavy atom. The zero-order valence-electron chi connectivity index (χ0n) is 11.9. The van der Waals surface area contributed by atoms with Gasteiger partial charge in [0, 0.05) is 24.3 Å². The fraction of sp³-hybridized carbons (Fsp3) is 0.733. The van der Waals surface area contributed by atoms with Crippen molar-refractivity contribution in [3.63, 3.8) is 0 Å². The van der Waals surface area contributed by atoms with Gasteiger partial charge in [-0.2, -0.15) is 0 Å². The maximum atomic E-state index is 6.36. The number of nitrogens with zero attached hydrogens (tertiary/aromatic N) is 3. The molecule has 0 bridgehead atoms. The molecule has 3 rings (SSSR count). The highest BCUT2D eigenvalue weighted by Crippen LogP contribution is 2.33. The molecule has 0 saturated carbocycles. The second kappa shape index (κ2) is 5.08. The molecule has 1 aliphatic heterocycles. The van der Waals surface area contributed by atoms with Gasteiger partial charge in [0.2, 0.25) is 0 Å². The average molecular weight is 260 g/mol. The first-order chi connectivity index (χ1) is 9.22. The van der Waals surface area contributed by atoms with E-state index in [4.69, 9.17) is 5.73 Å². The first-order valence-electron chi connectivity index (χ1n) is 7.58. The number of anilines is 1. The van der Waals surface area contributed by atoms with Crippen LogP contribution in [0.25, 0.3) is 0 Å². The van der Waals surface area contributed by atoms with E-state index in [0.717, 1.165) is 44.6 Å². The summed E-state index contributed by atoms with van der Waals surface area (Å²) in [5.41, 5.74) is 9.03. The largest absolute Gasteiger partial charge is 0.352 e. The van der Waals surface area contributed by atoms with E-state index in [1.807, 2.05) is 0 Å². The number of rotatable bonds is 3. The van der Waals surface area contributed by atoms with E-state index in [2.05, 4.69) is 21.8 Å². The molecule has 0 amide bonds. The van der Waals surface area contributed by atoms with Crippen molar-refractivity contribution in [2.45, 2.75) is 57.4 Å². The van der Waals surface area contributed by atoms with E-state index in [9.17, 15) is 0 Å². The van der Waals surface area contributed by atoms with Gasteiger partial charge in [-0.1, -0.05) is 19.8 Å². The van der Waals surface area contributed by atoms with Crippen LogP contribution in [0.15, 0.2) is 6.33 Å². The minimum Gasteiger partial charge on any atom is -0.352 e. The van der Waals surface area contributed by atoms with E-state index in [0.29, 0.717) is 0 Å². The van der Waals surface area contributed by atoms with Crippen molar-refractivity contribution >= 4 is 5.82 Å². The van der Waals surface area contributed by atoms with Crippen molar-refractivity contribution in [3.05, 3.63) is 17.6 Å². The lowest BCUT2D eigenvalue weighted by atomic mass is 9.86. The second-order valence-electron chi connectivity index (χ2n) is 6.15. The zero-order valence-corrected chi connectivity index (χ0v) is 11.9. The summed E-state index contributed by atoms with van der Waals surface area (Å²) in [6.45, 7) is 4.10. The Labute approximate surface area is 115 Å². The summed E-state index contributed by atoms with van der Waals surface area (Å²) < 4.78 is 0.